The summed E-state index contributed by atoms with van der Waals surface area (Å²) in [7, 11) is 0. The van der Waals surface area contributed by atoms with Crippen molar-refractivity contribution in [3.8, 4) is 0 Å². The fourth-order valence-corrected chi connectivity index (χ4v) is 1.32. The van der Waals surface area contributed by atoms with Crippen LogP contribution in [-0.4, -0.2) is 25.2 Å². The van der Waals surface area contributed by atoms with Gasteiger partial charge < -0.3 is 18.3 Å². The highest BCUT2D eigenvalue weighted by Crippen LogP contribution is 2.04. The van der Waals surface area contributed by atoms with Crippen LogP contribution in [0.5, 0.6) is 0 Å². The maximum absolute atomic E-state index is 11.4. The van der Waals surface area contributed by atoms with Gasteiger partial charge in [-0.05, 0) is 24.3 Å². The van der Waals surface area contributed by atoms with Gasteiger partial charge in [-0.3, -0.25) is 0 Å². The standard InChI is InChI=1S/C13H12O6/c14-12(10-4-1-6-16-10)18-8-3-9-19-13(15)11-5-2-7-17-11/h1-2,4-7H,3,8-9H2. The Morgan fingerprint density at radius 2 is 1.37 bits per heavy atom. The van der Waals surface area contributed by atoms with Crippen LogP contribution in [0.3, 0.4) is 0 Å². The fraction of sp³-hybridized carbons (Fsp3) is 0.231. The van der Waals surface area contributed by atoms with Gasteiger partial charge in [0.05, 0.1) is 25.7 Å². The topological polar surface area (TPSA) is 78.9 Å². The van der Waals surface area contributed by atoms with Gasteiger partial charge in [0.25, 0.3) is 0 Å². The molecule has 0 saturated heterocycles. The average molecular weight is 264 g/mol. The van der Waals surface area contributed by atoms with Crippen molar-refractivity contribution < 1.29 is 27.9 Å². The molecule has 2 heterocycles. The van der Waals surface area contributed by atoms with Gasteiger partial charge in [-0.1, -0.05) is 0 Å². The zero-order valence-corrected chi connectivity index (χ0v) is 10.0. The van der Waals surface area contributed by atoms with Crippen LogP contribution in [0.25, 0.3) is 0 Å². The SMILES string of the molecule is O=C(OCCCOC(=O)c1ccco1)c1ccco1. The van der Waals surface area contributed by atoms with Crippen molar-refractivity contribution in [3.05, 3.63) is 48.3 Å². The fourth-order valence-electron chi connectivity index (χ4n) is 1.32. The lowest BCUT2D eigenvalue weighted by Crippen LogP contribution is -2.10. The molecule has 0 aliphatic heterocycles. The van der Waals surface area contributed by atoms with Crippen molar-refractivity contribution >= 4 is 11.9 Å². The van der Waals surface area contributed by atoms with Gasteiger partial charge in [0.2, 0.25) is 11.5 Å². The largest absolute Gasteiger partial charge is 0.460 e. The molecular formula is C13H12O6. The van der Waals surface area contributed by atoms with E-state index in [1.807, 2.05) is 0 Å². The Kier molecular flexibility index (Phi) is 4.39. The summed E-state index contributed by atoms with van der Waals surface area (Å²) in [5.74, 6) is -0.787. The summed E-state index contributed by atoms with van der Waals surface area (Å²) >= 11 is 0. The Labute approximate surface area is 108 Å². The molecule has 0 N–H and O–H groups in total. The van der Waals surface area contributed by atoms with E-state index in [0.717, 1.165) is 0 Å². The number of hydrogen-bond acceptors (Lipinski definition) is 6. The summed E-state index contributed by atoms with van der Waals surface area (Å²) in [6, 6.07) is 6.22. The molecule has 19 heavy (non-hydrogen) atoms. The van der Waals surface area contributed by atoms with Gasteiger partial charge in [0.1, 0.15) is 0 Å². The molecule has 6 heteroatoms. The molecule has 100 valence electrons. The van der Waals surface area contributed by atoms with E-state index in [2.05, 4.69) is 0 Å². The molecule has 2 aromatic heterocycles. The van der Waals surface area contributed by atoms with E-state index in [1.54, 1.807) is 12.1 Å². The van der Waals surface area contributed by atoms with Crippen molar-refractivity contribution in [3.63, 3.8) is 0 Å². The lowest BCUT2D eigenvalue weighted by atomic mass is 10.4. The monoisotopic (exact) mass is 264 g/mol. The molecule has 2 aromatic rings. The van der Waals surface area contributed by atoms with Crippen molar-refractivity contribution in [2.24, 2.45) is 0 Å². The van der Waals surface area contributed by atoms with Crippen LogP contribution in [-0.2, 0) is 9.47 Å². The molecule has 0 aliphatic rings. The quantitative estimate of drug-likeness (QED) is 0.588. The molecule has 0 fully saturated rings. The van der Waals surface area contributed by atoms with Crippen LogP contribution in [0.1, 0.15) is 27.5 Å². The molecular weight excluding hydrogens is 252 g/mol. The highest BCUT2D eigenvalue weighted by atomic mass is 16.6. The first kappa shape index (κ1) is 12.9. The van der Waals surface area contributed by atoms with E-state index in [1.165, 1.54) is 24.7 Å². The summed E-state index contributed by atoms with van der Waals surface area (Å²) in [5.41, 5.74) is 0. The van der Waals surface area contributed by atoms with Crippen LogP contribution in [0.2, 0.25) is 0 Å². The molecule has 0 aromatic carbocycles. The summed E-state index contributed by atoms with van der Waals surface area (Å²) in [6.07, 6.45) is 3.18. The highest BCUT2D eigenvalue weighted by Gasteiger charge is 2.11. The van der Waals surface area contributed by atoms with Gasteiger partial charge in [-0.2, -0.15) is 0 Å². The third-order valence-corrected chi connectivity index (χ3v) is 2.20. The average Bonchev–Trinajstić information content (AvgIpc) is 3.10. The molecule has 2 rings (SSSR count). The second-order valence-corrected chi connectivity index (χ2v) is 3.58. The molecule has 0 amide bonds. The number of hydrogen-bond donors (Lipinski definition) is 0. The first-order valence-corrected chi connectivity index (χ1v) is 5.68. The molecule has 0 atom stereocenters. The predicted molar refractivity (Wildman–Crippen MR) is 62.6 cm³/mol. The minimum absolute atomic E-state index is 0.144. The summed E-state index contributed by atoms with van der Waals surface area (Å²) < 4.78 is 19.6. The van der Waals surface area contributed by atoms with Crippen molar-refractivity contribution in [1.29, 1.82) is 0 Å². The highest BCUT2D eigenvalue weighted by molar-refractivity contribution is 5.86. The van der Waals surface area contributed by atoms with Gasteiger partial charge in [-0.25, -0.2) is 9.59 Å². The van der Waals surface area contributed by atoms with Crippen LogP contribution >= 0.6 is 0 Å². The maximum Gasteiger partial charge on any atom is 0.374 e. The molecule has 0 spiro atoms. The van der Waals surface area contributed by atoms with E-state index in [-0.39, 0.29) is 24.7 Å². The van der Waals surface area contributed by atoms with Crippen LogP contribution in [0.4, 0.5) is 0 Å². The lowest BCUT2D eigenvalue weighted by molar-refractivity contribution is 0.0358. The van der Waals surface area contributed by atoms with Gasteiger partial charge in [0.15, 0.2) is 0 Å². The van der Waals surface area contributed by atoms with Crippen molar-refractivity contribution in [1.82, 2.24) is 0 Å². The summed E-state index contributed by atoms with van der Waals surface area (Å²) in [5, 5.41) is 0. The Morgan fingerprint density at radius 1 is 0.895 bits per heavy atom. The number of carbonyl (C=O) groups excluding carboxylic acids is 2. The Morgan fingerprint density at radius 3 is 1.74 bits per heavy atom. The summed E-state index contributed by atoms with van der Waals surface area (Å²) in [6.45, 7) is 0.288. The first-order valence-electron chi connectivity index (χ1n) is 5.68. The van der Waals surface area contributed by atoms with E-state index >= 15 is 0 Å². The number of carbonyl (C=O) groups is 2. The third-order valence-electron chi connectivity index (χ3n) is 2.20. The molecule has 0 unspecified atom stereocenters. The van der Waals surface area contributed by atoms with E-state index in [9.17, 15) is 9.59 Å². The predicted octanol–water partition coefficient (Wildman–Crippen LogP) is 2.28. The minimum Gasteiger partial charge on any atom is -0.460 e. The van der Waals surface area contributed by atoms with Crippen molar-refractivity contribution in [2.45, 2.75) is 6.42 Å². The number of ether oxygens (including phenoxy) is 2. The Balaban J connectivity index is 1.60. The normalized spacial score (nSPS) is 10.1. The molecule has 0 aliphatic carbocycles. The zero-order chi connectivity index (χ0) is 13.5. The first-order chi connectivity index (χ1) is 9.27. The molecule has 0 saturated carbocycles. The van der Waals surface area contributed by atoms with Crippen molar-refractivity contribution in [2.75, 3.05) is 13.2 Å². The van der Waals surface area contributed by atoms with E-state index < -0.39 is 11.9 Å². The number of furan rings is 2. The van der Waals surface area contributed by atoms with Crippen LogP contribution in [0, 0.1) is 0 Å². The van der Waals surface area contributed by atoms with Gasteiger partial charge in [0, 0.05) is 6.42 Å². The number of rotatable bonds is 6. The Hall–Kier alpha value is -2.50. The second-order valence-electron chi connectivity index (χ2n) is 3.58. The van der Waals surface area contributed by atoms with Crippen LogP contribution < -0.4 is 0 Å². The van der Waals surface area contributed by atoms with Gasteiger partial charge in [-0.15, -0.1) is 0 Å². The molecule has 0 radical (unpaired) electrons. The van der Waals surface area contributed by atoms with E-state index in [4.69, 9.17) is 18.3 Å². The zero-order valence-electron chi connectivity index (χ0n) is 10.0. The third kappa shape index (κ3) is 3.74. The Bertz CT molecular complexity index is 463. The smallest absolute Gasteiger partial charge is 0.374 e. The van der Waals surface area contributed by atoms with Crippen LogP contribution in [0.15, 0.2) is 45.6 Å². The summed E-state index contributed by atoms with van der Waals surface area (Å²) in [4.78, 5) is 22.7. The molecule has 6 nitrogen and oxygen atoms in total. The van der Waals surface area contributed by atoms with Gasteiger partial charge >= 0.3 is 11.9 Å². The van der Waals surface area contributed by atoms with E-state index in [0.29, 0.717) is 6.42 Å². The minimum atomic E-state index is -0.539. The molecule has 0 bridgehead atoms. The maximum atomic E-state index is 11.4. The second kappa shape index (κ2) is 6.44. The number of esters is 2. The lowest BCUT2D eigenvalue weighted by Gasteiger charge is -2.03.